The lowest BCUT2D eigenvalue weighted by atomic mass is 10.1. The van der Waals surface area contributed by atoms with Gasteiger partial charge in [0.15, 0.2) is 6.04 Å². The smallest absolute Gasteiger partial charge is 0.278 e. The third kappa shape index (κ3) is 4.43. The van der Waals surface area contributed by atoms with E-state index in [0.717, 1.165) is 29.7 Å². The Morgan fingerprint density at radius 1 is 1.07 bits per heavy atom. The summed E-state index contributed by atoms with van der Waals surface area (Å²) in [6.45, 7) is 4.56. The van der Waals surface area contributed by atoms with Gasteiger partial charge in [-0.15, -0.1) is 0 Å². The highest BCUT2D eigenvalue weighted by atomic mass is 32.2. The molecule has 4 rings (SSSR count). The zero-order valence-corrected chi connectivity index (χ0v) is 18.2. The largest absolute Gasteiger partial charge is 0.347 e. The molecule has 1 atom stereocenters. The minimum atomic E-state index is -3.48. The normalized spacial score (nSPS) is 18.7. The lowest BCUT2D eigenvalue weighted by Gasteiger charge is -2.34. The topological polar surface area (TPSA) is 70.9 Å². The van der Waals surface area contributed by atoms with Crippen LogP contribution in [0.2, 0.25) is 0 Å². The Labute approximate surface area is 178 Å². The van der Waals surface area contributed by atoms with Gasteiger partial charge in [-0.3, -0.25) is 4.79 Å². The van der Waals surface area contributed by atoms with Crippen molar-refractivity contribution in [2.45, 2.75) is 43.7 Å². The first-order valence-corrected chi connectivity index (χ1v) is 12.2. The van der Waals surface area contributed by atoms with Crippen LogP contribution in [0.25, 0.3) is 0 Å². The summed E-state index contributed by atoms with van der Waals surface area (Å²) in [5, 5.41) is 3.00. The molecule has 1 aliphatic heterocycles. The number of amides is 1. The van der Waals surface area contributed by atoms with Crippen LogP contribution in [0.15, 0.2) is 53.4 Å². The molecule has 0 unspecified atom stereocenters. The van der Waals surface area contributed by atoms with E-state index >= 15 is 0 Å². The van der Waals surface area contributed by atoms with Gasteiger partial charge in [-0.05, 0) is 55.0 Å². The van der Waals surface area contributed by atoms with Crippen molar-refractivity contribution in [2.24, 2.45) is 0 Å². The fourth-order valence-electron chi connectivity index (χ4n) is 4.43. The summed E-state index contributed by atoms with van der Waals surface area (Å²) in [7, 11) is -3.48. The summed E-state index contributed by atoms with van der Waals surface area (Å²) >= 11 is 0. The van der Waals surface area contributed by atoms with Gasteiger partial charge < -0.3 is 10.2 Å². The number of carbonyl (C=O) groups is 1. The summed E-state index contributed by atoms with van der Waals surface area (Å²) in [6.07, 6.45) is 3.11. The predicted molar refractivity (Wildman–Crippen MR) is 116 cm³/mol. The molecule has 2 aromatic carbocycles. The van der Waals surface area contributed by atoms with E-state index in [2.05, 4.69) is 5.32 Å². The van der Waals surface area contributed by atoms with Gasteiger partial charge in [0.25, 0.3) is 5.91 Å². The molecular weight excluding hydrogens is 398 g/mol. The molecule has 1 heterocycles. The van der Waals surface area contributed by atoms with E-state index in [4.69, 9.17) is 0 Å². The average Bonchev–Trinajstić information content (AvgIpc) is 3.26. The Morgan fingerprint density at radius 3 is 2.50 bits per heavy atom. The van der Waals surface area contributed by atoms with Gasteiger partial charge in [0.05, 0.1) is 31.1 Å². The van der Waals surface area contributed by atoms with Gasteiger partial charge in [-0.1, -0.05) is 36.4 Å². The second-order valence-corrected chi connectivity index (χ2v) is 10.2. The van der Waals surface area contributed by atoms with Crippen molar-refractivity contribution in [1.82, 2.24) is 9.62 Å². The number of fused-ring (bicyclic) bond motifs is 1. The van der Waals surface area contributed by atoms with Gasteiger partial charge in [0.1, 0.15) is 0 Å². The molecule has 0 radical (unpaired) electrons. The van der Waals surface area contributed by atoms with E-state index in [-0.39, 0.29) is 11.9 Å². The van der Waals surface area contributed by atoms with Crippen molar-refractivity contribution in [3.63, 3.8) is 0 Å². The fraction of sp³-hybridized carbons (Fsp3) is 0.435. The molecule has 2 aromatic rings. The van der Waals surface area contributed by atoms with E-state index in [0.29, 0.717) is 37.6 Å². The van der Waals surface area contributed by atoms with Gasteiger partial charge >= 0.3 is 0 Å². The van der Waals surface area contributed by atoms with Crippen molar-refractivity contribution in [1.29, 1.82) is 0 Å². The average molecular weight is 429 g/mol. The molecule has 7 heteroatoms. The summed E-state index contributed by atoms with van der Waals surface area (Å²) in [4.78, 5) is 14.1. The lowest BCUT2D eigenvalue weighted by molar-refractivity contribution is -0.917. The Hall–Kier alpha value is -2.22. The monoisotopic (exact) mass is 428 g/mol. The first-order valence-electron chi connectivity index (χ1n) is 10.7. The predicted octanol–water partition coefficient (Wildman–Crippen LogP) is 0.769. The Kier molecular flexibility index (Phi) is 6.22. The highest BCUT2D eigenvalue weighted by Crippen LogP contribution is 2.26. The maximum atomic E-state index is 13.1. The molecule has 30 heavy (non-hydrogen) atoms. The van der Waals surface area contributed by atoms with Crippen LogP contribution in [0.4, 0.5) is 0 Å². The van der Waals surface area contributed by atoms with E-state index in [9.17, 15) is 13.2 Å². The first-order chi connectivity index (χ1) is 14.4. The number of aryl methyl sites for hydroxylation is 2. The molecule has 1 saturated heterocycles. The van der Waals surface area contributed by atoms with Crippen molar-refractivity contribution in [3.05, 3.63) is 65.2 Å². The summed E-state index contributed by atoms with van der Waals surface area (Å²) in [5.41, 5.74) is 3.51. The van der Waals surface area contributed by atoms with Crippen LogP contribution in [-0.2, 0) is 34.2 Å². The van der Waals surface area contributed by atoms with Crippen LogP contribution in [0.5, 0.6) is 0 Å². The number of benzene rings is 2. The maximum absolute atomic E-state index is 13.1. The van der Waals surface area contributed by atoms with Gasteiger partial charge in [0.2, 0.25) is 10.0 Å². The van der Waals surface area contributed by atoms with Crippen LogP contribution < -0.4 is 10.2 Å². The van der Waals surface area contributed by atoms with Crippen LogP contribution in [-0.4, -0.2) is 50.9 Å². The molecule has 1 fully saturated rings. The number of nitrogens with one attached hydrogen (secondary N) is 2. The summed E-state index contributed by atoms with van der Waals surface area (Å²) in [6, 6.07) is 15.2. The molecule has 0 saturated carbocycles. The van der Waals surface area contributed by atoms with E-state index < -0.39 is 10.0 Å². The Morgan fingerprint density at radius 2 is 1.77 bits per heavy atom. The van der Waals surface area contributed by atoms with E-state index in [1.54, 1.807) is 10.4 Å². The fourth-order valence-corrected chi connectivity index (χ4v) is 5.92. The van der Waals surface area contributed by atoms with Crippen molar-refractivity contribution in [3.8, 4) is 0 Å². The third-order valence-corrected chi connectivity index (χ3v) is 8.28. The van der Waals surface area contributed by atoms with Crippen LogP contribution in [0.1, 0.15) is 30.0 Å². The van der Waals surface area contributed by atoms with Crippen molar-refractivity contribution in [2.75, 3.05) is 26.2 Å². The molecule has 160 valence electrons. The zero-order chi connectivity index (χ0) is 21.1. The number of carbonyl (C=O) groups excluding carboxylic acids is 1. The van der Waals surface area contributed by atoms with Gasteiger partial charge in [-0.25, -0.2) is 8.42 Å². The summed E-state index contributed by atoms with van der Waals surface area (Å²) < 4.78 is 27.8. The minimum absolute atomic E-state index is 0.00350. The van der Waals surface area contributed by atoms with E-state index in [1.807, 2.05) is 49.4 Å². The highest BCUT2D eigenvalue weighted by molar-refractivity contribution is 7.89. The number of quaternary nitrogens is 1. The number of nitrogens with zero attached hydrogens (tertiary/aromatic N) is 1. The zero-order valence-electron chi connectivity index (χ0n) is 17.4. The standard InChI is InChI=1S/C23H29N3O3S/c1-18(23(27)24-17-19-6-3-2-4-7-19)25-12-14-26(15-13-25)30(28,29)22-11-10-20-8-5-9-21(20)16-22/h2-4,6-7,10-11,16,18H,5,8-9,12-15,17H2,1H3,(H,24,27)/p+1/t18-/m0/s1. The number of sulfonamides is 1. The molecule has 2 N–H and O–H groups in total. The number of rotatable bonds is 6. The van der Waals surface area contributed by atoms with Crippen LogP contribution in [0, 0.1) is 0 Å². The van der Waals surface area contributed by atoms with Gasteiger partial charge in [-0.2, -0.15) is 4.31 Å². The van der Waals surface area contributed by atoms with E-state index in [1.165, 1.54) is 11.1 Å². The molecular formula is C23H30N3O3S+. The molecule has 2 aliphatic rings. The molecule has 0 bridgehead atoms. The molecule has 1 aliphatic carbocycles. The second-order valence-electron chi connectivity index (χ2n) is 8.27. The molecule has 0 aromatic heterocycles. The Bertz CT molecular complexity index is 1000. The number of hydrogen-bond acceptors (Lipinski definition) is 3. The lowest BCUT2D eigenvalue weighted by Crippen LogP contribution is -3.19. The SMILES string of the molecule is C[C@@H](C(=O)NCc1ccccc1)[NH+]1CCN(S(=O)(=O)c2ccc3c(c2)CCC3)CC1. The molecule has 1 amide bonds. The van der Waals surface area contributed by atoms with Gasteiger partial charge in [0, 0.05) is 6.54 Å². The molecule has 6 nitrogen and oxygen atoms in total. The third-order valence-electron chi connectivity index (χ3n) is 6.39. The van der Waals surface area contributed by atoms with Crippen molar-refractivity contribution >= 4 is 15.9 Å². The number of hydrogen-bond donors (Lipinski definition) is 2. The highest BCUT2D eigenvalue weighted by Gasteiger charge is 2.34. The quantitative estimate of drug-likeness (QED) is 0.714. The Balaban J connectivity index is 1.33. The number of piperazine rings is 1. The van der Waals surface area contributed by atoms with Crippen LogP contribution >= 0.6 is 0 Å². The minimum Gasteiger partial charge on any atom is -0.347 e. The molecule has 0 spiro atoms. The summed E-state index contributed by atoms with van der Waals surface area (Å²) in [5.74, 6) is 0.00350. The van der Waals surface area contributed by atoms with Crippen LogP contribution in [0.3, 0.4) is 0 Å². The second kappa shape index (κ2) is 8.88. The van der Waals surface area contributed by atoms with Crippen molar-refractivity contribution < 1.29 is 18.1 Å². The first kappa shape index (κ1) is 21.0. The maximum Gasteiger partial charge on any atom is 0.278 e.